The zero-order valence-electron chi connectivity index (χ0n) is 14.8. The Bertz CT molecular complexity index is 1230. The van der Waals surface area contributed by atoms with E-state index in [-0.39, 0.29) is 24.3 Å². The Labute approximate surface area is 173 Å². The number of rotatable bonds is 6. The van der Waals surface area contributed by atoms with Crippen LogP contribution in [0.1, 0.15) is 22.3 Å². The number of aromatic nitrogens is 2. The second kappa shape index (κ2) is 7.73. The molecular weight excluding hydrogens is 417 g/mol. The molecule has 0 saturated carbocycles. The Hall–Kier alpha value is -3.10. The summed E-state index contributed by atoms with van der Waals surface area (Å²) in [6, 6.07) is 10.6. The summed E-state index contributed by atoms with van der Waals surface area (Å²) in [5, 5.41) is 20.7. The smallest absolute Gasteiger partial charge is 0.271 e. The van der Waals surface area contributed by atoms with Gasteiger partial charge in [0.1, 0.15) is 11.5 Å². The average molecular weight is 430 g/mol. The Kier molecular flexibility index (Phi) is 5.12. The van der Waals surface area contributed by atoms with Gasteiger partial charge in [0.25, 0.3) is 5.69 Å². The van der Waals surface area contributed by atoms with Crippen LogP contribution in [0.4, 0.5) is 10.1 Å². The molecule has 0 aliphatic carbocycles. The van der Waals surface area contributed by atoms with E-state index in [2.05, 4.69) is 10.2 Å². The molecule has 0 bridgehead atoms. The van der Waals surface area contributed by atoms with Gasteiger partial charge in [-0.2, -0.15) is 5.10 Å². The van der Waals surface area contributed by atoms with E-state index in [1.807, 2.05) is 0 Å². The van der Waals surface area contributed by atoms with Crippen LogP contribution in [0.3, 0.4) is 0 Å². The minimum atomic E-state index is -0.469. The summed E-state index contributed by atoms with van der Waals surface area (Å²) in [7, 11) is 0. The Morgan fingerprint density at radius 3 is 2.86 bits per heavy atom. The Balaban J connectivity index is 1.54. The zero-order chi connectivity index (χ0) is 20.5. The lowest BCUT2D eigenvalue weighted by Crippen LogP contribution is -2.01. The molecule has 0 unspecified atom stereocenters. The van der Waals surface area contributed by atoms with Crippen LogP contribution in [-0.4, -0.2) is 20.9 Å². The molecule has 9 heteroatoms. The fourth-order valence-corrected chi connectivity index (χ4v) is 4.24. The van der Waals surface area contributed by atoms with Crippen molar-refractivity contribution in [3.05, 3.63) is 79.9 Å². The number of fused-ring (bicyclic) bond motifs is 1. The topological polar surface area (TPSA) is 88.9 Å². The van der Waals surface area contributed by atoms with Crippen molar-refractivity contribution in [2.75, 3.05) is 0 Å². The minimum Gasteiger partial charge on any atom is -0.294 e. The second-order valence-corrected chi connectivity index (χ2v) is 7.70. The van der Waals surface area contributed by atoms with E-state index in [1.54, 1.807) is 23.6 Å². The van der Waals surface area contributed by atoms with Crippen molar-refractivity contribution in [2.24, 2.45) is 0 Å². The fourth-order valence-electron chi connectivity index (χ4n) is 3.07. The number of ketones is 1. The van der Waals surface area contributed by atoms with Gasteiger partial charge in [0.15, 0.2) is 5.78 Å². The number of hydrogen-bond acceptors (Lipinski definition) is 5. The molecule has 0 fully saturated rings. The normalized spacial score (nSPS) is 11.1. The molecule has 2 aromatic heterocycles. The van der Waals surface area contributed by atoms with Crippen LogP contribution in [-0.2, 0) is 6.42 Å². The predicted octanol–water partition coefficient (Wildman–Crippen LogP) is 5.81. The first-order valence-corrected chi connectivity index (χ1v) is 9.87. The number of carbonyl (C=O) groups is 1. The van der Waals surface area contributed by atoms with E-state index in [0.29, 0.717) is 27.4 Å². The van der Waals surface area contributed by atoms with Gasteiger partial charge in [0, 0.05) is 45.5 Å². The molecule has 29 heavy (non-hydrogen) atoms. The highest BCUT2D eigenvalue weighted by molar-refractivity contribution is 7.14. The van der Waals surface area contributed by atoms with E-state index >= 15 is 0 Å². The van der Waals surface area contributed by atoms with E-state index in [4.69, 9.17) is 11.6 Å². The van der Waals surface area contributed by atoms with Crippen molar-refractivity contribution in [2.45, 2.75) is 12.8 Å². The lowest BCUT2D eigenvalue weighted by Gasteiger charge is -2.04. The first kappa shape index (κ1) is 19.2. The Morgan fingerprint density at radius 2 is 2.10 bits per heavy atom. The van der Waals surface area contributed by atoms with Crippen molar-refractivity contribution < 1.29 is 14.1 Å². The molecular formula is C20H13ClFN3O3S. The molecule has 1 N–H and O–H groups in total. The summed E-state index contributed by atoms with van der Waals surface area (Å²) >= 11 is 7.37. The highest BCUT2D eigenvalue weighted by Crippen LogP contribution is 2.33. The van der Waals surface area contributed by atoms with Gasteiger partial charge < -0.3 is 0 Å². The van der Waals surface area contributed by atoms with Crippen molar-refractivity contribution in [3.63, 3.8) is 0 Å². The number of nitrogens with zero attached hydrogens (tertiary/aromatic N) is 2. The highest BCUT2D eigenvalue weighted by atomic mass is 35.5. The molecule has 0 spiro atoms. The maximum atomic E-state index is 13.9. The molecule has 4 aromatic rings. The van der Waals surface area contributed by atoms with Crippen molar-refractivity contribution in [3.8, 4) is 10.6 Å². The standard InChI is InChI=1S/C20H13ClFN3O3S/c21-15-2-1-3-16(22)13(15)6-7-18(26)11-8-19(29-10-11)20-14-5-4-12(25(27)28)9-17(14)23-24-20/h1-5,8-10H,6-7H2,(H,23,24). The summed E-state index contributed by atoms with van der Waals surface area (Å²) < 4.78 is 13.9. The van der Waals surface area contributed by atoms with E-state index in [0.717, 1.165) is 10.3 Å². The summed E-state index contributed by atoms with van der Waals surface area (Å²) in [6.07, 6.45) is 0.342. The highest BCUT2D eigenvalue weighted by Gasteiger charge is 2.17. The Morgan fingerprint density at radius 1 is 1.28 bits per heavy atom. The molecule has 4 rings (SSSR count). The van der Waals surface area contributed by atoms with Gasteiger partial charge in [0.05, 0.1) is 15.3 Å². The second-order valence-electron chi connectivity index (χ2n) is 6.38. The summed E-state index contributed by atoms with van der Waals surface area (Å²) in [4.78, 5) is 23.7. The average Bonchev–Trinajstić information content (AvgIpc) is 3.33. The van der Waals surface area contributed by atoms with Crippen LogP contribution in [0.25, 0.3) is 21.5 Å². The maximum Gasteiger partial charge on any atom is 0.271 e. The molecule has 6 nitrogen and oxygen atoms in total. The summed E-state index contributed by atoms with van der Waals surface area (Å²) in [5.41, 5.74) is 1.98. The van der Waals surface area contributed by atoms with E-state index in [1.165, 1.54) is 35.6 Å². The molecule has 0 aliphatic rings. The van der Waals surface area contributed by atoms with Gasteiger partial charge in [-0.15, -0.1) is 11.3 Å². The summed E-state index contributed by atoms with van der Waals surface area (Å²) in [6.45, 7) is 0. The minimum absolute atomic E-state index is 0.0263. The van der Waals surface area contributed by atoms with Gasteiger partial charge in [-0.05, 0) is 30.7 Å². The quantitative estimate of drug-likeness (QED) is 0.238. The number of carbonyl (C=O) groups excluding carboxylic acids is 1. The number of H-pyrrole nitrogens is 1. The SMILES string of the molecule is O=C(CCc1c(F)cccc1Cl)c1csc(-c2n[nH]c3cc([N+](=O)[O-])ccc23)c1. The van der Waals surface area contributed by atoms with Gasteiger partial charge in [-0.3, -0.25) is 20.0 Å². The molecule has 2 aromatic carbocycles. The van der Waals surface area contributed by atoms with Crippen molar-refractivity contribution >= 4 is 45.3 Å². The molecule has 0 atom stereocenters. The first-order chi connectivity index (χ1) is 13.9. The zero-order valence-corrected chi connectivity index (χ0v) is 16.4. The third-order valence-corrected chi connectivity index (χ3v) is 5.87. The van der Waals surface area contributed by atoms with Crippen LogP contribution in [0.5, 0.6) is 0 Å². The fraction of sp³-hybridized carbons (Fsp3) is 0.100. The van der Waals surface area contributed by atoms with Crippen LogP contribution < -0.4 is 0 Å². The number of aromatic amines is 1. The molecule has 0 aliphatic heterocycles. The van der Waals surface area contributed by atoms with Crippen molar-refractivity contribution in [1.82, 2.24) is 10.2 Å². The third-order valence-electron chi connectivity index (χ3n) is 4.58. The molecule has 0 amide bonds. The van der Waals surface area contributed by atoms with Crippen LogP contribution >= 0.6 is 22.9 Å². The largest absolute Gasteiger partial charge is 0.294 e. The van der Waals surface area contributed by atoms with Gasteiger partial charge in [-0.1, -0.05) is 17.7 Å². The summed E-state index contributed by atoms with van der Waals surface area (Å²) in [5.74, 6) is -0.546. The van der Waals surface area contributed by atoms with Gasteiger partial charge in [-0.25, -0.2) is 4.39 Å². The lowest BCUT2D eigenvalue weighted by atomic mass is 10.0. The lowest BCUT2D eigenvalue weighted by molar-refractivity contribution is -0.384. The number of nitro benzene ring substituents is 1. The van der Waals surface area contributed by atoms with Crippen LogP contribution in [0.15, 0.2) is 47.8 Å². The monoisotopic (exact) mass is 429 g/mol. The molecule has 2 heterocycles. The molecule has 146 valence electrons. The number of halogens is 2. The van der Waals surface area contributed by atoms with Gasteiger partial charge >= 0.3 is 0 Å². The number of hydrogen-bond donors (Lipinski definition) is 1. The number of nitro groups is 1. The number of nitrogens with one attached hydrogen (secondary N) is 1. The number of benzene rings is 2. The molecule has 0 radical (unpaired) electrons. The van der Waals surface area contributed by atoms with Gasteiger partial charge in [0.2, 0.25) is 0 Å². The van der Waals surface area contributed by atoms with Crippen LogP contribution in [0.2, 0.25) is 5.02 Å². The molecule has 0 saturated heterocycles. The number of thiophene rings is 1. The van der Waals surface area contributed by atoms with Crippen molar-refractivity contribution in [1.29, 1.82) is 0 Å². The number of non-ortho nitro benzene ring substituents is 1. The first-order valence-electron chi connectivity index (χ1n) is 8.61. The van der Waals surface area contributed by atoms with E-state index in [9.17, 15) is 19.3 Å². The van der Waals surface area contributed by atoms with Crippen LogP contribution in [0, 0.1) is 15.9 Å². The third kappa shape index (κ3) is 3.76. The maximum absolute atomic E-state index is 13.9. The number of Topliss-reactive ketones (excluding diaryl/α,β-unsaturated/α-hetero) is 1. The van der Waals surface area contributed by atoms with E-state index < -0.39 is 10.7 Å². The predicted molar refractivity (Wildman–Crippen MR) is 110 cm³/mol.